The van der Waals surface area contributed by atoms with E-state index < -0.39 is 15.3 Å². The maximum absolute atomic E-state index is 12.1. The molecular formula is C12H26N2O2S. The van der Waals surface area contributed by atoms with Crippen LogP contribution in [0.3, 0.4) is 0 Å². The first kappa shape index (κ1) is 14.9. The Balaban J connectivity index is 2.64. The van der Waals surface area contributed by atoms with Gasteiger partial charge in [0.1, 0.15) is 0 Å². The molecule has 0 spiro atoms. The van der Waals surface area contributed by atoms with Crippen LogP contribution in [-0.2, 0) is 10.0 Å². The molecule has 1 heterocycles. The van der Waals surface area contributed by atoms with Crippen molar-refractivity contribution in [3.05, 3.63) is 0 Å². The molecule has 0 aliphatic carbocycles. The van der Waals surface area contributed by atoms with Crippen molar-refractivity contribution in [1.82, 2.24) is 4.31 Å². The van der Waals surface area contributed by atoms with E-state index in [9.17, 15) is 8.42 Å². The van der Waals surface area contributed by atoms with Gasteiger partial charge in [0.05, 0.1) is 5.25 Å². The van der Waals surface area contributed by atoms with E-state index in [0.29, 0.717) is 19.0 Å². The topological polar surface area (TPSA) is 63.4 Å². The van der Waals surface area contributed by atoms with E-state index in [2.05, 4.69) is 20.8 Å². The fourth-order valence-electron chi connectivity index (χ4n) is 2.35. The van der Waals surface area contributed by atoms with Crippen LogP contribution in [0.1, 0.15) is 40.5 Å². The van der Waals surface area contributed by atoms with Crippen LogP contribution < -0.4 is 5.73 Å². The Morgan fingerprint density at radius 2 is 1.76 bits per heavy atom. The van der Waals surface area contributed by atoms with Gasteiger partial charge in [-0.15, -0.1) is 0 Å². The lowest BCUT2D eigenvalue weighted by Crippen LogP contribution is -2.46. The number of rotatable bonds is 3. The Morgan fingerprint density at radius 3 is 2.12 bits per heavy atom. The van der Waals surface area contributed by atoms with E-state index >= 15 is 0 Å². The molecule has 1 aliphatic rings. The highest BCUT2D eigenvalue weighted by molar-refractivity contribution is 7.89. The molecule has 0 bridgehead atoms. The van der Waals surface area contributed by atoms with E-state index in [1.54, 1.807) is 11.2 Å². The second kappa shape index (κ2) is 5.24. The molecular weight excluding hydrogens is 236 g/mol. The minimum atomic E-state index is -3.17. The molecule has 102 valence electrons. The predicted octanol–water partition coefficient (Wildman–Crippen LogP) is 1.42. The monoisotopic (exact) mass is 262 g/mol. The molecule has 5 heteroatoms. The van der Waals surface area contributed by atoms with Gasteiger partial charge >= 0.3 is 0 Å². The number of nitrogens with zero attached hydrogens (tertiary/aromatic N) is 1. The van der Waals surface area contributed by atoms with Crippen molar-refractivity contribution in [2.24, 2.45) is 17.1 Å². The molecule has 0 amide bonds. The molecule has 0 radical (unpaired) electrons. The molecule has 0 aromatic carbocycles. The minimum Gasteiger partial charge on any atom is -0.329 e. The van der Waals surface area contributed by atoms with Crippen LogP contribution >= 0.6 is 0 Å². The zero-order valence-electron chi connectivity index (χ0n) is 11.4. The van der Waals surface area contributed by atoms with E-state index in [0.717, 1.165) is 12.8 Å². The number of sulfonamides is 1. The van der Waals surface area contributed by atoms with Gasteiger partial charge in [0.25, 0.3) is 0 Å². The molecule has 0 aromatic heterocycles. The van der Waals surface area contributed by atoms with E-state index in [-0.39, 0.29) is 12.0 Å². The standard InChI is InChI=1S/C12H26N2O2S/c1-10(9-13)17(15,16)14-7-5-11(6-8-14)12(2,3)4/h10-11H,5-9,13H2,1-4H3. The molecule has 1 atom stereocenters. The highest BCUT2D eigenvalue weighted by Crippen LogP contribution is 2.35. The zero-order chi connectivity index (χ0) is 13.3. The highest BCUT2D eigenvalue weighted by Gasteiger charge is 2.35. The maximum atomic E-state index is 12.1. The Bertz CT molecular complexity index is 338. The summed E-state index contributed by atoms with van der Waals surface area (Å²) in [4.78, 5) is 0. The second-order valence-corrected chi connectivity index (χ2v) is 8.48. The Morgan fingerprint density at radius 1 is 1.29 bits per heavy atom. The van der Waals surface area contributed by atoms with E-state index in [4.69, 9.17) is 5.73 Å². The van der Waals surface area contributed by atoms with E-state index in [1.807, 2.05) is 0 Å². The second-order valence-electron chi connectivity index (χ2n) is 6.13. The molecule has 2 N–H and O–H groups in total. The summed E-state index contributed by atoms with van der Waals surface area (Å²) in [6.45, 7) is 9.86. The summed E-state index contributed by atoms with van der Waals surface area (Å²) in [7, 11) is -3.17. The average Bonchev–Trinajstić information content (AvgIpc) is 2.27. The predicted molar refractivity (Wildman–Crippen MR) is 71.2 cm³/mol. The zero-order valence-corrected chi connectivity index (χ0v) is 12.3. The fourth-order valence-corrected chi connectivity index (χ4v) is 3.82. The first-order valence-corrected chi connectivity index (χ1v) is 7.89. The van der Waals surface area contributed by atoms with Crippen LogP contribution in [0.5, 0.6) is 0 Å². The average molecular weight is 262 g/mol. The molecule has 0 saturated carbocycles. The summed E-state index contributed by atoms with van der Waals surface area (Å²) in [5.41, 5.74) is 5.73. The van der Waals surface area contributed by atoms with Gasteiger partial charge in [-0.1, -0.05) is 20.8 Å². The molecule has 1 fully saturated rings. The van der Waals surface area contributed by atoms with Gasteiger partial charge in [-0.3, -0.25) is 0 Å². The number of piperidine rings is 1. The summed E-state index contributed by atoms with van der Waals surface area (Å²) in [5, 5.41) is -0.464. The number of hydrogen-bond donors (Lipinski definition) is 1. The summed E-state index contributed by atoms with van der Waals surface area (Å²) in [5.74, 6) is 0.613. The third-order valence-electron chi connectivity index (χ3n) is 3.88. The maximum Gasteiger partial charge on any atom is 0.217 e. The Hall–Kier alpha value is -0.130. The minimum absolute atomic E-state index is 0.196. The van der Waals surface area contributed by atoms with Crippen LogP contribution in [0.25, 0.3) is 0 Å². The van der Waals surface area contributed by atoms with Crippen LogP contribution in [-0.4, -0.2) is 37.6 Å². The Labute approximate surface area is 106 Å². The highest BCUT2D eigenvalue weighted by atomic mass is 32.2. The van der Waals surface area contributed by atoms with Gasteiger partial charge in [0.15, 0.2) is 0 Å². The molecule has 17 heavy (non-hydrogen) atoms. The molecule has 1 rings (SSSR count). The molecule has 1 aliphatic heterocycles. The van der Waals surface area contributed by atoms with Crippen molar-refractivity contribution in [3.63, 3.8) is 0 Å². The van der Waals surface area contributed by atoms with Crippen molar-refractivity contribution < 1.29 is 8.42 Å². The van der Waals surface area contributed by atoms with Gasteiger partial charge in [-0.2, -0.15) is 0 Å². The Kier molecular flexibility index (Phi) is 4.60. The summed E-state index contributed by atoms with van der Waals surface area (Å²) >= 11 is 0. The van der Waals surface area contributed by atoms with Crippen LogP contribution in [0.4, 0.5) is 0 Å². The van der Waals surface area contributed by atoms with E-state index in [1.165, 1.54) is 0 Å². The van der Waals surface area contributed by atoms with Crippen molar-refractivity contribution in [2.45, 2.75) is 45.8 Å². The van der Waals surface area contributed by atoms with Crippen molar-refractivity contribution in [1.29, 1.82) is 0 Å². The normalized spacial score (nSPS) is 22.6. The van der Waals surface area contributed by atoms with Gasteiger partial charge in [-0.25, -0.2) is 12.7 Å². The van der Waals surface area contributed by atoms with Gasteiger partial charge in [0.2, 0.25) is 10.0 Å². The van der Waals surface area contributed by atoms with Crippen LogP contribution in [0.15, 0.2) is 0 Å². The molecule has 1 unspecified atom stereocenters. The fraction of sp³-hybridized carbons (Fsp3) is 1.00. The van der Waals surface area contributed by atoms with Crippen molar-refractivity contribution in [3.8, 4) is 0 Å². The first-order chi connectivity index (χ1) is 7.69. The number of hydrogen-bond acceptors (Lipinski definition) is 3. The van der Waals surface area contributed by atoms with Crippen LogP contribution in [0, 0.1) is 11.3 Å². The van der Waals surface area contributed by atoms with Gasteiger partial charge < -0.3 is 5.73 Å². The smallest absolute Gasteiger partial charge is 0.217 e. The lowest BCUT2D eigenvalue weighted by atomic mass is 9.76. The molecule has 0 aromatic rings. The SMILES string of the molecule is CC(CN)S(=O)(=O)N1CCC(C(C)(C)C)CC1. The van der Waals surface area contributed by atoms with Gasteiger partial charge in [-0.05, 0) is 31.1 Å². The quantitative estimate of drug-likeness (QED) is 0.836. The largest absolute Gasteiger partial charge is 0.329 e. The summed E-state index contributed by atoms with van der Waals surface area (Å²) in [6.07, 6.45) is 1.92. The lowest BCUT2D eigenvalue weighted by molar-refractivity contribution is 0.153. The molecule has 1 saturated heterocycles. The number of nitrogens with two attached hydrogens (primary N) is 1. The van der Waals surface area contributed by atoms with Crippen LogP contribution in [0.2, 0.25) is 0 Å². The lowest BCUT2D eigenvalue weighted by Gasteiger charge is -2.38. The third kappa shape index (κ3) is 3.42. The summed E-state index contributed by atoms with van der Waals surface area (Å²) < 4.78 is 25.9. The van der Waals surface area contributed by atoms with Crippen molar-refractivity contribution >= 4 is 10.0 Å². The first-order valence-electron chi connectivity index (χ1n) is 6.38. The summed E-state index contributed by atoms with van der Waals surface area (Å²) in [6, 6.07) is 0. The van der Waals surface area contributed by atoms with Crippen molar-refractivity contribution in [2.75, 3.05) is 19.6 Å². The molecule has 4 nitrogen and oxygen atoms in total. The third-order valence-corrected chi connectivity index (χ3v) is 6.17. The van der Waals surface area contributed by atoms with Gasteiger partial charge in [0, 0.05) is 19.6 Å².